The van der Waals surface area contributed by atoms with E-state index in [2.05, 4.69) is 20.6 Å². The van der Waals surface area contributed by atoms with Crippen molar-refractivity contribution in [2.75, 3.05) is 11.9 Å². The van der Waals surface area contributed by atoms with Crippen molar-refractivity contribution < 1.29 is 26.4 Å². The fourth-order valence-electron chi connectivity index (χ4n) is 2.49. The zero-order valence-corrected chi connectivity index (χ0v) is 16.6. The number of anilines is 1. The Bertz CT molecular complexity index is 1250. The molecule has 0 saturated heterocycles. The lowest BCUT2D eigenvalue weighted by atomic mass is 10.2. The van der Waals surface area contributed by atoms with Gasteiger partial charge in [0, 0.05) is 11.8 Å². The first-order valence-corrected chi connectivity index (χ1v) is 10.0. The van der Waals surface area contributed by atoms with Gasteiger partial charge < -0.3 is 5.32 Å². The van der Waals surface area contributed by atoms with Crippen LogP contribution in [0.3, 0.4) is 0 Å². The van der Waals surface area contributed by atoms with E-state index >= 15 is 0 Å². The highest BCUT2D eigenvalue weighted by atomic mass is 32.2. The monoisotopic (exact) mass is 456 g/mol. The largest absolute Gasteiger partial charge is 0.402 e. The summed E-state index contributed by atoms with van der Waals surface area (Å²) in [6.45, 7) is -0.0854. The second-order valence-corrected chi connectivity index (χ2v) is 8.02. The minimum absolute atomic E-state index is 0.191. The predicted octanol–water partition coefficient (Wildman–Crippen LogP) is 1.36. The SMILES string of the molecule is Cc1c(C(=O)Nc2ccc(S(=O)(=O)NCC(F)(F)F)cc2)cnn1-c1ccc(=O)[nH]n1. The summed E-state index contributed by atoms with van der Waals surface area (Å²) in [5.41, 5.74) is 0.434. The number of hydrogen-bond acceptors (Lipinski definition) is 6. The Morgan fingerprint density at radius 1 is 1.16 bits per heavy atom. The molecule has 1 amide bonds. The normalized spacial score (nSPS) is 12.0. The Morgan fingerprint density at radius 3 is 2.42 bits per heavy atom. The van der Waals surface area contributed by atoms with Crippen LogP contribution < -0.4 is 15.6 Å². The van der Waals surface area contributed by atoms with Gasteiger partial charge in [-0.25, -0.2) is 22.9 Å². The van der Waals surface area contributed by atoms with E-state index in [9.17, 15) is 31.2 Å². The average Bonchev–Trinajstić information content (AvgIpc) is 3.08. The Labute approximate surface area is 173 Å². The fraction of sp³-hybridized carbons (Fsp3) is 0.176. The Balaban J connectivity index is 1.73. The van der Waals surface area contributed by atoms with E-state index in [1.807, 2.05) is 0 Å². The van der Waals surface area contributed by atoms with Crippen LogP contribution >= 0.6 is 0 Å². The number of benzene rings is 1. The first kappa shape index (κ1) is 22.2. The molecular formula is C17H15F3N6O4S. The number of hydrogen-bond donors (Lipinski definition) is 3. The molecule has 3 aromatic rings. The lowest BCUT2D eigenvalue weighted by molar-refractivity contribution is -0.121. The van der Waals surface area contributed by atoms with Crippen LogP contribution in [0.25, 0.3) is 5.82 Å². The van der Waals surface area contributed by atoms with E-state index in [-0.39, 0.29) is 22.0 Å². The minimum atomic E-state index is -4.69. The molecule has 0 aliphatic carbocycles. The maximum absolute atomic E-state index is 12.5. The zero-order chi connectivity index (χ0) is 22.8. The molecule has 0 radical (unpaired) electrons. The van der Waals surface area contributed by atoms with Crippen LogP contribution in [0, 0.1) is 6.92 Å². The molecule has 2 heterocycles. The number of nitrogens with one attached hydrogen (secondary N) is 3. The van der Waals surface area contributed by atoms with Gasteiger partial charge in [-0.1, -0.05) is 0 Å². The Morgan fingerprint density at radius 2 is 1.84 bits per heavy atom. The molecule has 0 aliphatic rings. The van der Waals surface area contributed by atoms with Crippen LogP contribution in [0.2, 0.25) is 0 Å². The van der Waals surface area contributed by atoms with Gasteiger partial charge in [0.1, 0.15) is 6.54 Å². The number of alkyl halides is 3. The third-order valence-electron chi connectivity index (χ3n) is 4.02. The van der Waals surface area contributed by atoms with Crippen LogP contribution in [-0.4, -0.2) is 47.0 Å². The molecular weight excluding hydrogens is 441 g/mol. The van der Waals surface area contributed by atoms with Gasteiger partial charge >= 0.3 is 6.18 Å². The van der Waals surface area contributed by atoms with E-state index in [1.165, 1.54) is 39.9 Å². The van der Waals surface area contributed by atoms with Gasteiger partial charge in [0.25, 0.3) is 11.5 Å². The van der Waals surface area contributed by atoms with Crippen molar-refractivity contribution in [1.29, 1.82) is 0 Å². The third-order valence-corrected chi connectivity index (χ3v) is 5.44. The van der Waals surface area contributed by atoms with E-state index in [1.54, 1.807) is 6.92 Å². The molecule has 14 heteroatoms. The zero-order valence-electron chi connectivity index (χ0n) is 15.8. The van der Waals surface area contributed by atoms with E-state index in [0.29, 0.717) is 5.69 Å². The van der Waals surface area contributed by atoms with E-state index in [0.717, 1.165) is 12.1 Å². The summed E-state index contributed by atoms with van der Waals surface area (Å²) in [7, 11) is -4.36. The molecule has 10 nitrogen and oxygen atoms in total. The summed E-state index contributed by atoms with van der Waals surface area (Å²) < 4.78 is 63.3. The van der Waals surface area contributed by atoms with Gasteiger partial charge in [-0.3, -0.25) is 9.59 Å². The number of aromatic nitrogens is 4. The van der Waals surface area contributed by atoms with Crippen molar-refractivity contribution in [3.8, 4) is 5.82 Å². The van der Waals surface area contributed by atoms with Gasteiger partial charge in [-0.05, 0) is 37.3 Å². The predicted molar refractivity (Wildman–Crippen MR) is 102 cm³/mol. The second kappa shape index (κ2) is 8.31. The summed E-state index contributed by atoms with van der Waals surface area (Å²) in [5.74, 6) is -0.268. The van der Waals surface area contributed by atoms with Crippen molar-refractivity contribution in [3.05, 3.63) is 64.2 Å². The highest BCUT2D eigenvalue weighted by molar-refractivity contribution is 7.89. The number of rotatable bonds is 6. The number of aromatic amines is 1. The molecule has 0 spiro atoms. The molecule has 31 heavy (non-hydrogen) atoms. The summed E-state index contributed by atoms with van der Waals surface area (Å²) in [6.07, 6.45) is -3.40. The van der Waals surface area contributed by atoms with Crippen LogP contribution in [-0.2, 0) is 10.0 Å². The third kappa shape index (κ3) is 5.35. The van der Waals surface area contributed by atoms with Crippen molar-refractivity contribution in [2.24, 2.45) is 0 Å². The number of H-pyrrole nitrogens is 1. The molecule has 1 aromatic carbocycles. The van der Waals surface area contributed by atoms with Gasteiger partial charge in [-0.2, -0.15) is 23.4 Å². The van der Waals surface area contributed by atoms with Crippen LogP contribution in [0.4, 0.5) is 18.9 Å². The van der Waals surface area contributed by atoms with Crippen LogP contribution in [0.1, 0.15) is 16.1 Å². The number of halogens is 3. The number of amides is 1. The minimum Gasteiger partial charge on any atom is -0.322 e. The smallest absolute Gasteiger partial charge is 0.322 e. The number of carbonyl (C=O) groups is 1. The summed E-state index contributed by atoms with van der Waals surface area (Å²) in [5, 5.41) is 12.7. The lowest BCUT2D eigenvalue weighted by Crippen LogP contribution is -2.33. The highest BCUT2D eigenvalue weighted by Crippen LogP contribution is 2.18. The molecule has 2 aromatic heterocycles. The fourth-order valence-corrected chi connectivity index (χ4v) is 3.51. The molecule has 0 saturated carbocycles. The lowest BCUT2D eigenvalue weighted by Gasteiger charge is -2.10. The Kier molecular flexibility index (Phi) is 5.94. The summed E-state index contributed by atoms with van der Waals surface area (Å²) >= 11 is 0. The topological polar surface area (TPSA) is 139 Å². The molecule has 3 rings (SSSR count). The second-order valence-electron chi connectivity index (χ2n) is 6.25. The van der Waals surface area contributed by atoms with E-state index in [4.69, 9.17) is 0 Å². The standard InChI is InChI=1S/C17H15F3N6O4S/c1-10-13(8-21-26(10)14-6-7-15(27)25-24-14)16(28)23-11-2-4-12(5-3-11)31(29,30)22-9-17(18,19)20/h2-8,22H,9H2,1H3,(H,23,28)(H,25,27). The molecule has 0 atom stereocenters. The molecule has 0 aliphatic heterocycles. The maximum atomic E-state index is 12.5. The highest BCUT2D eigenvalue weighted by Gasteiger charge is 2.30. The first-order chi connectivity index (χ1) is 14.5. The summed E-state index contributed by atoms with van der Waals surface area (Å²) in [6, 6.07) is 7.28. The molecule has 3 N–H and O–H groups in total. The molecule has 0 fully saturated rings. The molecule has 164 valence electrons. The first-order valence-electron chi connectivity index (χ1n) is 8.55. The maximum Gasteiger partial charge on any atom is 0.402 e. The Hall–Kier alpha value is -3.52. The van der Waals surface area contributed by atoms with Gasteiger partial charge in [-0.15, -0.1) is 0 Å². The number of nitrogens with zero attached hydrogens (tertiary/aromatic N) is 3. The summed E-state index contributed by atoms with van der Waals surface area (Å²) in [4.78, 5) is 23.3. The van der Waals surface area contributed by atoms with Crippen LogP contribution in [0.15, 0.2) is 52.3 Å². The van der Waals surface area contributed by atoms with Gasteiger partial charge in [0.05, 0.1) is 22.3 Å². The van der Waals surface area contributed by atoms with Crippen molar-refractivity contribution in [2.45, 2.75) is 18.0 Å². The van der Waals surface area contributed by atoms with E-state index < -0.39 is 34.2 Å². The quantitative estimate of drug-likeness (QED) is 0.512. The average molecular weight is 456 g/mol. The van der Waals surface area contributed by atoms with Gasteiger partial charge in [0.15, 0.2) is 5.82 Å². The number of carbonyl (C=O) groups excluding carboxylic acids is 1. The molecule has 0 bridgehead atoms. The van der Waals surface area contributed by atoms with Crippen molar-refractivity contribution in [1.82, 2.24) is 24.7 Å². The molecule has 0 unspecified atom stereocenters. The number of sulfonamides is 1. The van der Waals surface area contributed by atoms with Gasteiger partial charge in [0.2, 0.25) is 10.0 Å². The van der Waals surface area contributed by atoms with Crippen molar-refractivity contribution in [3.63, 3.8) is 0 Å². The van der Waals surface area contributed by atoms with Crippen molar-refractivity contribution >= 4 is 21.6 Å². The van der Waals surface area contributed by atoms with Crippen LogP contribution in [0.5, 0.6) is 0 Å².